The van der Waals surface area contributed by atoms with E-state index < -0.39 is 21.6 Å². The van der Waals surface area contributed by atoms with Gasteiger partial charge < -0.3 is 10.2 Å². The van der Waals surface area contributed by atoms with E-state index in [1.165, 1.54) is 30.4 Å². The van der Waals surface area contributed by atoms with E-state index in [9.17, 15) is 18.6 Å². The minimum atomic E-state index is -0.779. The topological polar surface area (TPSA) is 74.6 Å². The van der Waals surface area contributed by atoms with E-state index >= 15 is 0 Å². The molecule has 0 radical (unpaired) electrons. The van der Waals surface area contributed by atoms with E-state index in [-0.39, 0.29) is 11.5 Å². The number of aliphatic hydroxyl groups is 1. The molecule has 2 unspecified atom stereocenters. The fraction of sp³-hybridized carbons (Fsp3) is 0.812. The molecule has 2 fully saturated rings. The van der Waals surface area contributed by atoms with Crippen molar-refractivity contribution >= 4 is 21.6 Å². The van der Waals surface area contributed by atoms with Crippen LogP contribution in [0.4, 0.5) is 0 Å². The Morgan fingerprint density at radius 3 is 2.32 bits per heavy atom. The third-order valence-electron chi connectivity index (χ3n) is 10.3. The van der Waals surface area contributed by atoms with Gasteiger partial charge in [-0.05, 0) is 110 Å². The maximum atomic E-state index is 12.4. The van der Waals surface area contributed by atoms with E-state index in [0.717, 1.165) is 82.1 Å². The van der Waals surface area contributed by atoms with Gasteiger partial charge in [0, 0.05) is 44.6 Å². The first-order valence-corrected chi connectivity index (χ1v) is 18.5. The third-order valence-corrected chi connectivity index (χ3v) is 13.2. The molecule has 4 nitrogen and oxygen atoms in total. The zero-order chi connectivity index (χ0) is 27.1. The number of benzene rings is 1. The second-order valence-corrected chi connectivity index (χ2v) is 16.1. The van der Waals surface area contributed by atoms with Crippen molar-refractivity contribution in [1.29, 1.82) is 0 Å². The maximum absolute atomic E-state index is 12.4. The summed E-state index contributed by atoms with van der Waals surface area (Å²) < 4.78 is 24.4. The van der Waals surface area contributed by atoms with Crippen molar-refractivity contribution in [3.05, 3.63) is 29.3 Å². The molecule has 0 heterocycles. The first kappa shape index (κ1) is 30.2. The van der Waals surface area contributed by atoms with E-state index in [0.29, 0.717) is 40.9 Å². The van der Waals surface area contributed by atoms with Crippen molar-refractivity contribution in [2.24, 2.45) is 23.2 Å². The summed E-state index contributed by atoms with van der Waals surface area (Å²) in [7, 11) is -1.52. The normalized spacial score (nSPS) is 31.8. The summed E-state index contributed by atoms with van der Waals surface area (Å²) in [4.78, 5) is 0. The van der Waals surface area contributed by atoms with Gasteiger partial charge in [0.15, 0.2) is 0 Å². The SMILES string of the molecule is CCCCCS(=O)CCCS(=O)CCCCCC[C@@H]1Cc2cc(O)ccc2[C@H]2CC[C@]3(C)[C@@H](O)CC[C@H]3[C@H]12. The number of phenolic OH excluding ortho intramolecular Hbond substituents is 1. The van der Waals surface area contributed by atoms with Gasteiger partial charge in [0.2, 0.25) is 0 Å². The van der Waals surface area contributed by atoms with Gasteiger partial charge in [-0.15, -0.1) is 0 Å². The fourth-order valence-electron chi connectivity index (χ4n) is 8.15. The van der Waals surface area contributed by atoms with Gasteiger partial charge in [0.25, 0.3) is 0 Å². The van der Waals surface area contributed by atoms with Crippen molar-refractivity contribution in [2.45, 2.75) is 116 Å². The molecule has 1 aromatic carbocycles. The molecule has 2 N–H and O–H groups in total. The highest BCUT2D eigenvalue weighted by molar-refractivity contribution is 7.85. The second-order valence-electron chi connectivity index (χ2n) is 12.7. The van der Waals surface area contributed by atoms with Crippen molar-refractivity contribution in [2.75, 3.05) is 23.0 Å². The molecule has 6 heteroatoms. The predicted molar refractivity (Wildman–Crippen MR) is 161 cm³/mol. The number of hydrogen-bond acceptors (Lipinski definition) is 4. The average molecular weight is 565 g/mol. The van der Waals surface area contributed by atoms with Crippen LogP contribution in [-0.4, -0.2) is 47.7 Å². The Hall–Kier alpha value is -0.720. The summed E-state index contributed by atoms with van der Waals surface area (Å²) in [5, 5.41) is 21.0. The molecule has 0 spiro atoms. The summed E-state index contributed by atoms with van der Waals surface area (Å²) in [6.07, 6.45) is 15.2. The summed E-state index contributed by atoms with van der Waals surface area (Å²) in [5.74, 6) is 5.80. The highest BCUT2D eigenvalue weighted by Gasteiger charge is 2.56. The van der Waals surface area contributed by atoms with Crippen LogP contribution in [0.25, 0.3) is 0 Å². The molecular weight excluding hydrogens is 512 g/mol. The molecule has 0 aliphatic heterocycles. The number of rotatable bonds is 15. The Balaban J connectivity index is 1.22. The van der Waals surface area contributed by atoms with Gasteiger partial charge in [-0.3, -0.25) is 8.42 Å². The minimum absolute atomic E-state index is 0.0695. The number of hydrogen-bond donors (Lipinski definition) is 2. The van der Waals surface area contributed by atoms with Crippen LogP contribution < -0.4 is 0 Å². The van der Waals surface area contributed by atoms with Crippen LogP contribution in [0.5, 0.6) is 5.75 Å². The van der Waals surface area contributed by atoms with Crippen LogP contribution in [0.1, 0.15) is 114 Å². The number of unbranched alkanes of at least 4 members (excludes halogenated alkanes) is 5. The molecule has 3 aliphatic rings. The monoisotopic (exact) mass is 564 g/mol. The molecule has 4 rings (SSSR count). The zero-order valence-corrected chi connectivity index (χ0v) is 25.5. The van der Waals surface area contributed by atoms with Gasteiger partial charge in [-0.25, -0.2) is 0 Å². The Morgan fingerprint density at radius 2 is 1.58 bits per heavy atom. The molecule has 0 saturated heterocycles. The molecule has 0 amide bonds. The summed E-state index contributed by atoms with van der Waals surface area (Å²) in [5.41, 5.74) is 2.87. The van der Waals surface area contributed by atoms with E-state index in [1.807, 2.05) is 12.1 Å². The van der Waals surface area contributed by atoms with Gasteiger partial charge in [0.05, 0.1) is 6.10 Å². The van der Waals surface area contributed by atoms with Gasteiger partial charge in [0.1, 0.15) is 5.75 Å². The van der Waals surface area contributed by atoms with Gasteiger partial charge in [-0.1, -0.05) is 52.0 Å². The van der Waals surface area contributed by atoms with Crippen molar-refractivity contribution in [3.63, 3.8) is 0 Å². The Labute approximate surface area is 236 Å². The number of aliphatic hydroxyl groups excluding tert-OH is 1. The van der Waals surface area contributed by atoms with Crippen LogP contribution in [0.3, 0.4) is 0 Å². The van der Waals surface area contributed by atoms with E-state index in [1.54, 1.807) is 0 Å². The summed E-state index contributed by atoms with van der Waals surface area (Å²) in [6.45, 7) is 4.51. The predicted octanol–water partition coefficient (Wildman–Crippen LogP) is 6.86. The molecule has 0 bridgehead atoms. The van der Waals surface area contributed by atoms with E-state index in [2.05, 4.69) is 19.9 Å². The minimum Gasteiger partial charge on any atom is -0.508 e. The number of fused-ring (bicyclic) bond motifs is 5. The molecular formula is C32H52O4S2. The summed E-state index contributed by atoms with van der Waals surface area (Å²) in [6, 6.07) is 6.05. The summed E-state index contributed by atoms with van der Waals surface area (Å²) >= 11 is 0. The first-order chi connectivity index (χ1) is 18.3. The van der Waals surface area contributed by atoms with Crippen molar-refractivity contribution in [1.82, 2.24) is 0 Å². The van der Waals surface area contributed by atoms with Crippen molar-refractivity contribution < 1.29 is 18.6 Å². The quantitative estimate of drug-likeness (QED) is 0.228. The molecule has 1 aromatic rings. The fourth-order valence-corrected chi connectivity index (χ4v) is 10.7. The first-order valence-electron chi connectivity index (χ1n) is 15.5. The highest BCUT2D eigenvalue weighted by atomic mass is 32.2. The van der Waals surface area contributed by atoms with Gasteiger partial charge in [-0.2, -0.15) is 0 Å². The zero-order valence-electron chi connectivity index (χ0n) is 23.9. The van der Waals surface area contributed by atoms with E-state index in [4.69, 9.17) is 0 Å². The molecule has 0 aromatic heterocycles. The van der Waals surface area contributed by atoms with Crippen LogP contribution in [0.15, 0.2) is 18.2 Å². The molecule has 38 heavy (non-hydrogen) atoms. The lowest BCUT2D eigenvalue weighted by Gasteiger charge is -2.53. The largest absolute Gasteiger partial charge is 0.508 e. The van der Waals surface area contributed by atoms with Gasteiger partial charge >= 0.3 is 0 Å². The van der Waals surface area contributed by atoms with Crippen LogP contribution in [0.2, 0.25) is 0 Å². The van der Waals surface area contributed by atoms with Crippen LogP contribution in [0, 0.1) is 23.2 Å². The Bertz CT molecular complexity index is 949. The third kappa shape index (κ3) is 7.32. The number of aromatic hydroxyl groups is 1. The molecule has 2 saturated carbocycles. The average Bonchev–Trinajstić information content (AvgIpc) is 3.20. The maximum Gasteiger partial charge on any atom is 0.115 e. The highest BCUT2D eigenvalue weighted by Crippen LogP contribution is 2.62. The molecule has 3 aliphatic carbocycles. The lowest BCUT2D eigenvalue weighted by molar-refractivity contribution is -0.0396. The molecule has 216 valence electrons. The smallest absolute Gasteiger partial charge is 0.115 e. The lowest BCUT2D eigenvalue weighted by atomic mass is 9.52. The van der Waals surface area contributed by atoms with Crippen molar-refractivity contribution in [3.8, 4) is 5.75 Å². The Kier molecular flexibility index (Phi) is 11.3. The standard InChI is InChI=1S/C32H52O4S2/c1-3-4-8-18-37(35)20-10-21-38(36)19-9-6-5-7-11-24-22-25-23-26(33)12-13-27(25)28-16-17-32(2)29(31(24)28)14-15-30(32)34/h12-13,23-24,28-31,33-34H,3-11,14-22H2,1-2H3/t24-,28-,29+,30+,31-,32+,37?,38?/m1/s1. The second kappa shape index (κ2) is 14.3. The van der Waals surface area contributed by atoms with Crippen LogP contribution in [-0.2, 0) is 28.0 Å². The molecule has 8 atom stereocenters. The number of phenols is 1. The Morgan fingerprint density at radius 1 is 0.895 bits per heavy atom. The van der Waals surface area contributed by atoms with Crippen LogP contribution >= 0.6 is 0 Å². The lowest BCUT2D eigenvalue weighted by Crippen LogP contribution is -2.47.